The third-order valence-electron chi connectivity index (χ3n) is 3.01. The van der Waals surface area contributed by atoms with E-state index in [2.05, 4.69) is 12.2 Å². The van der Waals surface area contributed by atoms with Crippen molar-refractivity contribution in [1.82, 2.24) is 5.32 Å². The van der Waals surface area contributed by atoms with Crippen molar-refractivity contribution in [2.24, 2.45) is 0 Å². The zero-order chi connectivity index (χ0) is 14.1. The molecule has 4 heteroatoms. The molecule has 0 spiro atoms. The molecule has 0 bridgehead atoms. The molecule has 1 rings (SSSR count). The first-order chi connectivity index (χ1) is 9.21. The van der Waals surface area contributed by atoms with E-state index in [0.717, 1.165) is 38.2 Å². The van der Waals surface area contributed by atoms with Gasteiger partial charge in [0.2, 0.25) is 0 Å². The maximum Gasteiger partial charge on any atom is 0.165 e. The molecule has 1 aromatic rings. The fourth-order valence-corrected chi connectivity index (χ4v) is 2.06. The molecule has 0 aliphatic heterocycles. The van der Waals surface area contributed by atoms with Crippen molar-refractivity contribution in [2.45, 2.75) is 32.7 Å². The molecule has 1 atom stereocenters. The summed E-state index contributed by atoms with van der Waals surface area (Å²) < 4.78 is 23.9. The molecule has 0 amide bonds. The van der Waals surface area contributed by atoms with Gasteiger partial charge in [0, 0.05) is 19.3 Å². The number of hydrogen-bond donors (Lipinski definition) is 1. The van der Waals surface area contributed by atoms with Crippen LogP contribution in [0.15, 0.2) is 18.2 Å². The molecule has 0 heterocycles. The molecule has 0 saturated heterocycles. The molecule has 3 nitrogen and oxygen atoms in total. The minimum atomic E-state index is -0.306. The summed E-state index contributed by atoms with van der Waals surface area (Å²) in [6.07, 6.45) is 1.72. The van der Waals surface area contributed by atoms with Crippen LogP contribution >= 0.6 is 0 Å². The lowest BCUT2D eigenvalue weighted by atomic mass is 10.0. The van der Waals surface area contributed by atoms with Gasteiger partial charge in [-0.15, -0.1) is 0 Å². The largest absolute Gasteiger partial charge is 0.494 e. The lowest BCUT2D eigenvalue weighted by Gasteiger charge is -2.18. The van der Waals surface area contributed by atoms with Crippen LogP contribution in [-0.2, 0) is 11.2 Å². The average molecular weight is 269 g/mol. The van der Waals surface area contributed by atoms with Crippen LogP contribution in [0.3, 0.4) is 0 Å². The summed E-state index contributed by atoms with van der Waals surface area (Å²) in [4.78, 5) is 0. The number of hydrogen-bond acceptors (Lipinski definition) is 3. The molecule has 0 aliphatic rings. The number of halogens is 1. The van der Waals surface area contributed by atoms with Gasteiger partial charge in [-0.1, -0.05) is 13.0 Å². The fraction of sp³-hybridized carbons (Fsp3) is 0.600. The van der Waals surface area contributed by atoms with E-state index in [4.69, 9.17) is 9.47 Å². The van der Waals surface area contributed by atoms with Crippen LogP contribution in [0.1, 0.15) is 25.8 Å². The van der Waals surface area contributed by atoms with Gasteiger partial charge in [-0.3, -0.25) is 0 Å². The third-order valence-corrected chi connectivity index (χ3v) is 3.01. The maximum absolute atomic E-state index is 13.6. The molecule has 19 heavy (non-hydrogen) atoms. The Hall–Kier alpha value is -1.13. The molecular weight excluding hydrogens is 245 g/mol. The second-order valence-electron chi connectivity index (χ2n) is 4.41. The first-order valence-corrected chi connectivity index (χ1v) is 6.84. The lowest BCUT2D eigenvalue weighted by molar-refractivity contribution is 0.136. The summed E-state index contributed by atoms with van der Waals surface area (Å²) in [5.74, 6) is -0.0156. The van der Waals surface area contributed by atoms with E-state index in [0.29, 0.717) is 6.04 Å². The minimum Gasteiger partial charge on any atom is -0.494 e. The summed E-state index contributed by atoms with van der Waals surface area (Å²) in [5, 5.41) is 3.40. The highest BCUT2D eigenvalue weighted by Gasteiger charge is 2.10. The zero-order valence-corrected chi connectivity index (χ0v) is 12.0. The highest BCUT2D eigenvalue weighted by atomic mass is 19.1. The molecule has 0 saturated carbocycles. The second-order valence-corrected chi connectivity index (χ2v) is 4.41. The molecule has 1 N–H and O–H groups in total. The first kappa shape index (κ1) is 15.9. The highest BCUT2D eigenvalue weighted by molar-refractivity contribution is 5.29. The van der Waals surface area contributed by atoms with E-state index in [9.17, 15) is 4.39 Å². The van der Waals surface area contributed by atoms with Crippen molar-refractivity contribution in [3.63, 3.8) is 0 Å². The molecule has 0 aliphatic carbocycles. The standard InChI is InChI=1S/C15H24FNO2/c1-4-17-13(8-9-19-5-2)10-12-6-7-15(18-3)14(16)11-12/h6-7,11,13,17H,4-5,8-10H2,1-3H3. The van der Waals surface area contributed by atoms with Crippen molar-refractivity contribution < 1.29 is 13.9 Å². The monoisotopic (exact) mass is 269 g/mol. The normalized spacial score (nSPS) is 12.4. The van der Waals surface area contributed by atoms with E-state index in [-0.39, 0.29) is 11.6 Å². The quantitative estimate of drug-likeness (QED) is 0.699. The van der Waals surface area contributed by atoms with Gasteiger partial charge in [0.05, 0.1) is 7.11 Å². The smallest absolute Gasteiger partial charge is 0.165 e. The van der Waals surface area contributed by atoms with Crippen molar-refractivity contribution in [1.29, 1.82) is 0 Å². The Morgan fingerprint density at radius 2 is 2.11 bits per heavy atom. The molecule has 0 aromatic heterocycles. The highest BCUT2D eigenvalue weighted by Crippen LogP contribution is 2.19. The van der Waals surface area contributed by atoms with Crippen LogP contribution in [0.5, 0.6) is 5.75 Å². The topological polar surface area (TPSA) is 30.5 Å². The Balaban J connectivity index is 2.59. The summed E-state index contributed by atoms with van der Waals surface area (Å²) in [7, 11) is 1.47. The van der Waals surface area contributed by atoms with Crippen LogP contribution in [0.25, 0.3) is 0 Å². The summed E-state index contributed by atoms with van der Waals surface area (Å²) in [5.41, 5.74) is 0.973. The van der Waals surface area contributed by atoms with Crippen molar-refractivity contribution in [3.8, 4) is 5.75 Å². The van der Waals surface area contributed by atoms with Gasteiger partial charge < -0.3 is 14.8 Å². The van der Waals surface area contributed by atoms with Gasteiger partial charge in [-0.25, -0.2) is 4.39 Å². The number of nitrogens with one attached hydrogen (secondary N) is 1. The SMILES string of the molecule is CCNC(CCOCC)Cc1ccc(OC)c(F)c1. The number of likely N-dealkylation sites (N-methyl/N-ethyl adjacent to an activating group) is 1. The van der Waals surface area contributed by atoms with E-state index < -0.39 is 0 Å². The third kappa shape index (κ3) is 5.57. The zero-order valence-electron chi connectivity index (χ0n) is 12.0. The average Bonchev–Trinajstić information content (AvgIpc) is 2.39. The lowest BCUT2D eigenvalue weighted by Crippen LogP contribution is -2.32. The second kappa shape index (κ2) is 8.88. The molecule has 108 valence electrons. The van der Waals surface area contributed by atoms with Crippen molar-refractivity contribution in [3.05, 3.63) is 29.6 Å². The van der Waals surface area contributed by atoms with Gasteiger partial charge in [-0.05, 0) is 44.0 Å². The number of ether oxygens (including phenoxy) is 2. The van der Waals surface area contributed by atoms with Gasteiger partial charge in [0.25, 0.3) is 0 Å². The van der Waals surface area contributed by atoms with E-state index in [1.54, 1.807) is 12.1 Å². The first-order valence-electron chi connectivity index (χ1n) is 6.84. The van der Waals surface area contributed by atoms with Crippen LogP contribution in [0, 0.1) is 5.82 Å². The summed E-state index contributed by atoms with van der Waals surface area (Å²) in [6, 6.07) is 5.44. The fourth-order valence-electron chi connectivity index (χ4n) is 2.06. The van der Waals surface area contributed by atoms with Gasteiger partial charge in [-0.2, -0.15) is 0 Å². The van der Waals surface area contributed by atoms with Crippen LogP contribution < -0.4 is 10.1 Å². The van der Waals surface area contributed by atoms with Crippen molar-refractivity contribution in [2.75, 3.05) is 26.9 Å². The molecule has 1 aromatic carbocycles. The van der Waals surface area contributed by atoms with E-state index in [1.165, 1.54) is 7.11 Å². The minimum absolute atomic E-state index is 0.290. The van der Waals surface area contributed by atoms with Gasteiger partial charge >= 0.3 is 0 Å². The number of rotatable bonds is 9. The Kier molecular flexibility index (Phi) is 7.45. The van der Waals surface area contributed by atoms with Crippen LogP contribution in [0.2, 0.25) is 0 Å². The number of benzene rings is 1. The Morgan fingerprint density at radius 1 is 1.32 bits per heavy atom. The Labute approximate surface area is 115 Å². The summed E-state index contributed by atoms with van der Waals surface area (Å²) in [6.45, 7) is 6.42. The number of methoxy groups -OCH3 is 1. The van der Waals surface area contributed by atoms with E-state index >= 15 is 0 Å². The van der Waals surface area contributed by atoms with Gasteiger partial charge in [0.1, 0.15) is 0 Å². The predicted octanol–water partition coefficient (Wildman–Crippen LogP) is 2.78. The molecule has 1 unspecified atom stereocenters. The summed E-state index contributed by atoms with van der Waals surface area (Å²) >= 11 is 0. The van der Waals surface area contributed by atoms with Gasteiger partial charge in [0.15, 0.2) is 11.6 Å². The predicted molar refractivity (Wildman–Crippen MR) is 75.2 cm³/mol. The van der Waals surface area contributed by atoms with Crippen molar-refractivity contribution >= 4 is 0 Å². The molecule has 0 fully saturated rings. The van der Waals surface area contributed by atoms with Crippen LogP contribution in [0.4, 0.5) is 4.39 Å². The van der Waals surface area contributed by atoms with Crippen LogP contribution in [-0.4, -0.2) is 32.9 Å². The Morgan fingerprint density at radius 3 is 2.68 bits per heavy atom. The Bertz CT molecular complexity index is 371. The maximum atomic E-state index is 13.6. The molecular formula is C15H24FNO2. The molecule has 0 radical (unpaired) electrons. The van der Waals surface area contributed by atoms with E-state index in [1.807, 2.05) is 13.0 Å².